The quantitative estimate of drug-likeness (QED) is 0.252. The van der Waals surface area contributed by atoms with Gasteiger partial charge in [-0.1, -0.05) is 18.2 Å². The van der Waals surface area contributed by atoms with E-state index in [1.165, 1.54) is 11.2 Å². The smallest absolute Gasteiger partial charge is 0.328 e. The number of likely N-dealkylation sites (tertiary alicyclic amines) is 1. The van der Waals surface area contributed by atoms with Gasteiger partial charge in [-0.2, -0.15) is 9.49 Å². The molecule has 3 amide bonds. The van der Waals surface area contributed by atoms with Gasteiger partial charge in [-0.3, -0.25) is 19.9 Å². The molecule has 5 heterocycles. The number of ether oxygens (including phenoxy) is 1. The van der Waals surface area contributed by atoms with E-state index in [1.807, 2.05) is 59.3 Å². The van der Waals surface area contributed by atoms with Crippen molar-refractivity contribution in [2.45, 2.75) is 31.8 Å². The molecule has 3 aromatic heterocycles. The van der Waals surface area contributed by atoms with Gasteiger partial charge in [0.1, 0.15) is 35.0 Å². The molecule has 7 rings (SSSR count). The number of aromatic nitrogens is 5. The number of pyridine rings is 1. The maximum atomic E-state index is 14.9. The molecule has 0 saturated carbocycles. The molecule has 2 saturated heterocycles. The third-order valence-corrected chi connectivity index (χ3v) is 8.14. The SMILES string of the molecule is Nc1ncnc2c1c(-c1ccc(Oc3ccccc3)cc1)nn2C1CCN(Cc2ccc(N3CCC(=O)NC3=O)c(F)n2)CC1. The lowest BCUT2D eigenvalue weighted by atomic mass is 10.0. The number of nitrogens with one attached hydrogen (secondary N) is 1. The van der Waals surface area contributed by atoms with E-state index in [2.05, 4.69) is 25.2 Å². The minimum absolute atomic E-state index is 0.0587. The fourth-order valence-electron chi connectivity index (χ4n) is 5.86. The van der Waals surface area contributed by atoms with Crippen LogP contribution in [0.4, 0.5) is 20.7 Å². The van der Waals surface area contributed by atoms with Crippen LogP contribution in [-0.4, -0.2) is 61.2 Å². The number of imide groups is 1. The van der Waals surface area contributed by atoms with Crippen molar-refractivity contribution in [2.75, 3.05) is 30.3 Å². The molecule has 0 aliphatic carbocycles. The first-order valence-electron chi connectivity index (χ1n) is 14.7. The summed E-state index contributed by atoms with van der Waals surface area (Å²) in [4.78, 5) is 39.9. The van der Waals surface area contributed by atoms with Gasteiger partial charge in [0.15, 0.2) is 5.65 Å². The average Bonchev–Trinajstić information content (AvgIpc) is 3.44. The van der Waals surface area contributed by atoms with E-state index in [-0.39, 0.29) is 30.6 Å². The van der Waals surface area contributed by atoms with Crippen LogP contribution in [0, 0.1) is 5.95 Å². The Morgan fingerprint density at radius 1 is 0.933 bits per heavy atom. The van der Waals surface area contributed by atoms with E-state index < -0.39 is 12.0 Å². The maximum absolute atomic E-state index is 14.9. The molecular formula is C32H30FN9O3. The normalized spacial score (nSPS) is 16.2. The lowest BCUT2D eigenvalue weighted by molar-refractivity contribution is -0.120. The molecule has 45 heavy (non-hydrogen) atoms. The largest absolute Gasteiger partial charge is 0.457 e. The summed E-state index contributed by atoms with van der Waals surface area (Å²) in [5.74, 6) is 0.728. The number of nitrogens with zero attached hydrogens (tertiary/aromatic N) is 7. The molecule has 2 aromatic carbocycles. The summed E-state index contributed by atoms with van der Waals surface area (Å²) in [7, 11) is 0. The minimum atomic E-state index is -0.737. The van der Waals surface area contributed by atoms with Crippen LogP contribution < -0.4 is 20.7 Å². The Morgan fingerprint density at radius 2 is 1.69 bits per heavy atom. The lowest BCUT2D eigenvalue weighted by Crippen LogP contribution is -2.50. The number of amides is 3. The lowest BCUT2D eigenvalue weighted by Gasteiger charge is -2.32. The van der Waals surface area contributed by atoms with Gasteiger partial charge in [0.2, 0.25) is 11.9 Å². The molecule has 0 bridgehead atoms. The third kappa shape index (κ3) is 5.77. The van der Waals surface area contributed by atoms with Crippen LogP contribution in [0.25, 0.3) is 22.3 Å². The third-order valence-electron chi connectivity index (χ3n) is 8.14. The number of nitrogen functional groups attached to an aromatic ring is 1. The standard InChI is InChI=1S/C32H30FN9O3/c33-29-25(41-17-14-26(43)38-32(41)44)11-8-21(37-29)18-40-15-12-22(13-16-40)42-31-27(30(34)35-19-36-31)28(39-42)20-6-9-24(10-7-20)45-23-4-2-1-3-5-23/h1-11,19,22H,12-18H2,(H2,34,35,36)(H,38,43,44). The highest BCUT2D eigenvalue weighted by molar-refractivity contribution is 6.05. The first-order chi connectivity index (χ1) is 21.9. The molecule has 2 aliphatic heterocycles. The number of hydrogen-bond donors (Lipinski definition) is 2. The number of piperidine rings is 1. The van der Waals surface area contributed by atoms with Crippen LogP contribution in [0.3, 0.4) is 0 Å². The predicted octanol–water partition coefficient (Wildman–Crippen LogP) is 4.69. The number of carbonyl (C=O) groups is 2. The summed E-state index contributed by atoms with van der Waals surface area (Å²) in [5, 5.41) is 7.92. The maximum Gasteiger partial charge on any atom is 0.328 e. The van der Waals surface area contributed by atoms with Crippen LogP contribution in [-0.2, 0) is 11.3 Å². The molecule has 0 radical (unpaired) electrons. The van der Waals surface area contributed by atoms with Crippen molar-refractivity contribution in [3.8, 4) is 22.8 Å². The first-order valence-corrected chi connectivity index (χ1v) is 14.7. The zero-order chi connectivity index (χ0) is 30.9. The number of rotatable bonds is 7. The summed E-state index contributed by atoms with van der Waals surface area (Å²) >= 11 is 0. The van der Waals surface area contributed by atoms with Crippen LogP contribution in [0.2, 0.25) is 0 Å². The van der Waals surface area contributed by atoms with E-state index in [1.54, 1.807) is 12.1 Å². The Hall–Kier alpha value is -5.43. The van der Waals surface area contributed by atoms with Gasteiger partial charge in [-0.25, -0.2) is 24.4 Å². The monoisotopic (exact) mass is 607 g/mol. The van der Waals surface area contributed by atoms with Gasteiger partial charge in [-0.05, 0) is 61.4 Å². The van der Waals surface area contributed by atoms with Crippen LogP contribution in [0.15, 0.2) is 73.1 Å². The molecule has 0 atom stereocenters. The molecule has 0 unspecified atom stereocenters. The summed E-state index contributed by atoms with van der Waals surface area (Å²) in [6.07, 6.45) is 3.17. The Morgan fingerprint density at radius 3 is 2.42 bits per heavy atom. The van der Waals surface area contributed by atoms with E-state index in [0.717, 1.165) is 37.2 Å². The fraction of sp³-hybridized carbons (Fsp3) is 0.250. The molecular weight excluding hydrogens is 577 g/mol. The molecule has 3 N–H and O–H groups in total. The zero-order valence-electron chi connectivity index (χ0n) is 24.3. The second-order valence-corrected chi connectivity index (χ2v) is 11.1. The number of nitrogens with two attached hydrogens (primary N) is 1. The van der Waals surface area contributed by atoms with E-state index in [4.69, 9.17) is 15.6 Å². The average molecular weight is 608 g/mol. The Bertz CT molecular complexity index is 1870. The predicted molar refractivity (Wildman–Crippen MR) is 165 cm³/mol. The van der Waals surface area contributed by atoms with Crippen LogP contribution in [0.5, 0.6) is 11.5 Å². The van der Waals surface area contributed by atoms with Crippen molar-refractivity contribution in [3.05, 3.63) is 84.7 Å². The van der Waals surface area contributed by atoms with Gasteiger partial charge in [0, 0.05) is 38.2 Å². The number of benzene rings is 2. The number of hydrogen-bond acceptors (Lipinski definition) is 9. The number of halogens is 1. The number of urea groups is 1. The highest BCUT2D eigenvalue weighted by Gasteiger charge is 2.29. The first kappa shape index (κ1) is 28.3. The molecule has 0 spiro atoms. The van der Waals surface area contributed by atoms with Gasteiger partial charge < -0.3 is 10.5 Å². The van der Waals surface area contributed by atoms with Gasteiger partial charge >= 0.3 is 6.03 Å². The number of carbonyl (C=O) groups excluding carboxylic acids is 2. The topological polar surface area (TPSA) is 144 Å². The Balaban J connectivity index is 1.05. The highest BCUT2D eigenvalue weighted by Crippen LogP contribution is 2.35. The second kappa shape index (κ2) is 11.9. The van der Waals surface area contributed by atoms with Crippen molar-refractivity contribution >= 4 is 34.5 Å². The molecule has 13 heteroatoms. The molecule has 5 aromatic rings. The zero-order valence-corrected chi connectivity index (χ0v) is 24.3. The summed E-state index contributed by atoms with van der Waals surface area (Å²) in [6, 6.07) is 20.0. The van der Waals surface area contributed by atoms with Gasteiger partial charge in [-0.15, -0.1) is 0 Å². The molecule has 2 aliphatic rings. The van der Waals surface area contributed by atoms with Crippen molar-refractivity contribution in [1.82, 2.24) is 34.9 Å². The number of anilines is 2. The van der Waals surface area contributed by atoms with Gasteiger partial charge in [0.25, 0.3) is 0 Å². The van der Waals surface area contributed by atoms with Crippen LogP contribution >= 0.6 is 0 Å². The molecule has 228 valence electrons. The van der Waals surface area contributed by atoms with Crippen LogP contribution in [0.1, 0.15) is 31.0 Å². The Kier molecular flexibility index (Phi) is 7.51. The fourth-order valence-corrected chi connectivity index (χ4v) is 5.86. The molecule has 12 nitrogen and oxygen atoms in total. The number of fused-ring (bicyclic) bond motifs is 1. The number of para-hydroxylation sites is 1. The van der Waals surface area contributed by atoms with Crippen molar-refractivity contribution < 1.29 is 18.7 Å². The molecule has 2 fully saturated rings. The summed E-state index contributed by atoms with van der Waals surface area (Å²) in [5.41, 5.74) is 9.24. The van der Waals surface area contributed by atoms with Crippen molar-refractivity contribution in [1.29, 1.82) is 0 Å². The van der Waals surface area contributed by atoms with Crippen molar-refractivity contribution in [2.24, 2.45) is 0 Å². The second-order valence-electron chi connectivity index (χ2n) is 11.1. The van der Waals surface area contributed by atoms with E-state index >= 15 is 0 Å². The summed E-state index contributed by atoms with van der Waals surface area (Å²) < 4.78 is 22.8. The van der Waals surface area contributed by atoms with Gasteiger partial charge in [0.05, 0.1) is 17.1 Å². The Labute approximate surface area is 257 Å². The van der Waals surface area contributed by atoms with E-state index in [0.29, 0.717) is 40.5 Å². The minimum Gasteiger partial charge on any atom is -0.457 e. The summed E-state index contributed by atoms with van der Waals surface area (Å²) in [6.45, 7) is 2.07. The van der Waals surface area contributed by atoms with E-state index in [9.17, 15) is 14.0 Å². The highest BCUT2D eigenvalue weighted by atomic mass is 19.1. The van der Waals surface area contributed by atoms with Crippen molar-refractivity contribution in [3.63, 3.8) is 0 Å².